The average molecular weight is 336 g/mol. The lowest BCUT2D eigenvalue weighted by atomic mass is 10.2. The summed E-state index contributed by atoms with van der Waals surface area (Å²) in [5.41, 5.74) is 1.54. The Balaban J connectivity index is 1.96. The van der Waals surface area contributed by atoms with Gasteiger partial charge in [-0.25, -0.2) is 4.79 Å². The van der Waals surface area contributed by atoms with Crippen molar-refractivity contribution in [3.8, 4) is 0 Å². The van der Waals surface area contributed by atoms with E-state index in [-0.39, 0.29) is 22.2 Å². The van der Waals surface area contributed by atoms with Crippen LogP contribution in [0, 0.1) is 6.92 Å². The molecule has 2 N–H and O–H groups in total. The molecule has 0 spiro atoms. The summed E-state index contributed by atoms with van der Waals surface area (Å²) in [5, 5.41) is 11.8. The first-order chi connectivity index (χ1) is 10.5. The van der Waals surface area contributed by atoms with Gasteiger partial charge in [-0.05, 0) is 37.3 Å². The van der Waals surface area contributed by atoms with E-state index < -0.39 is 5.97 Å². The zero-order valence-electron chi connectivity index (χ0n) is 11.8. The predicted molar refractivity (Wildman–Crippen MR) is 88.9 cm³/mol. The van der Waals surface area contributed by atoms with Crippen LogP contribution < -0.4 is 5.32 Å². The smallest absolute Gasteiger partial charge is 0.337 e. The van der Waals surface area contributed by atoms with E-state index in [1.165, 1.54) is 23.9 Å². The highest BCUT2D eigenvalue weighted by Crippen LogP contribution is 2.22. The van der Waals surface area contributed by atoms with Crippen molar-refractivity contribution in [3.05, 3.63) is 58.6 Å². The van der Waals surface area contributed by atoms with Crippen molar-refractivity contribution >= 4 is 40.9 Å². The number of hydrogen-bond acceptors (Lipinski definition) is 3. The minimum Gasteiger partial charge on any atom is -0.478 e. The number of amides is 1. The van der Waals surface area contributed by atoms with E-state index in [1.807, 2.05) is 31.2 Å². The third-order valence-corrected chi connectivity index (χ3v) is 4.21. The molecule has 0 saturated heterocycles. The van der Waals surface area contributed by atoms with Crippen LogP contribution in [0.4, 0.5) is 5.69 Å². The first-order valence-electron chi connectivity index (χ1n) is 6.48. The Kier molecular flexibility index (Phi) is 5.46. The van der Waals surface area contributed by atoms with Crippen LogP contribution in [0.25, 0.3) is 0 Å². The molecule has 22 heavy (non-hydrogen) atoms. The Hall–Kier alpha value is -1.98. The molecule has 0 aliphatic heterocycles. The van der Waals surface area contributed by atoms with Crippen LogP contribution in [0.1, 0.15) is 15.9 Å². The standard InChI is InChI=1S/C16H14ClNO3S/c1-10-2-5-12(6-3-10)22-9-15(19)18-11-4-7-14(17)13(8-11)16(20)21/h2-8H,9H2,1H3,(H,18,19)(H,20,21). The zero-order chi connectivity index (χ0) is 16.1. The molecule has 2 rings (SSSR count). The Morgan fingerprint density at radius 2 is 1.86 bits per heavy atom. The number of anilines is 1. The number of hydrogen-bond donors (Lipinski definition) is 2. The molecule has 0 aliphatic rings. The van der Waals surface area contributed by atoms with Crippen LogP contribution in [0.3, 0.4) is 0 Å². The number of carboxylic acids is 1. The van der Waals surface area contributed by atoms with E-state index in [0.29, 0.717) is 5.69 Å². The zero-order valence-corrected chi connectivity index (χ0v) is 13.4. The number of carbonyl (C=O) groups is 2. The molecule has 114 valence electrons. The summed E-state index contributed by atoms with van der Waals surface area (Å²) in [5.74, 6) is -1.09. The highest BCUT2D eigenvalue weighted by molar-refractivity contribution is 8.00. The molecule has 2 aromatic carbocycles. The lowest BCUT2D eigenvalue weighted by Crippen LogP contribution is -2.14. The first kappa shape index (κ1) is 16.4. The number of aryl methyl sites for hydroxylation is 1. The van der Waals surface area contributed by atoms with Gasteiger partial charge in [-0.2, -0.15) is 0 Å². The molecule has 0 radical (unpaired) electrons. The maximum atomic E-state index is 11.9. The number of aromatic carboxylic acids is 1. The van der Waals surface area contributed by atoms with E-state index in [9.17, 15) is 9.59 Å². The maximum Gasteiger partial charge on any atom is 0.337 e. The normalized spacial score (nSPS) is 10.3. The van der Waals surface area contributed by atoms with Crippen molar-refractivity contribution in [2.24, 2.45) is 0 Å². The minimum absolute atomic E-state index is 0.0364. The molecule has 0 fully saturated rings. The Bertz CT molecular complexity index is 701. The Labute approximate surface area is 137 Å². The highest BCUT2D eigenvalue weighted by atomic mass is 35.5. The number of carboxylic acid groups (broad SMARTS) is 1. The second-order valence-electron chi connectivity index (χ2n) is 4.65. The first-order valence-corrected chi connectivity index (χ1v) is 7.84. The van der Waals surface area contributed by atoms with Crippen molar-refractivity contribution in [3.63, 3.8) is 0 Å². The molecule has 0 unspecified atom stereocenters. The fraction of sp³-hybridized carbons (Fsp3) is 0.125. The number of nitrogens with one attached hydrogen (secondary N) is 1. The summed E-state index contributed by atoms with van der Waals surface area (Å²) in [6.07, 6.45) is 0. The van der Waals surface area contributed by atoms with Crippen LogP contribution in [-0.4, -0.2) is 22.7 Å². The molecule has 0 heterocycles. The monoisotopic (exact) mass is 335 g/mol. The van der Waals surface area contributed by atoms with E-state index in [0.717, 1.165) is 10.5 Å². The fourth-order valence-corrected chi connectivity index (χ4v) is 2.64. The Morgan fingerprint density at radius 3 is 2.50 bits per heavy atom. The van der Waals surface area contributed by atoms with Gasteiger partial charge in [-0.15, -0.1) is 11.8 Å². The van der Waals surface area contributed by atoms with E-state index in [4.69, 9.17) is 16.7 Å². The van der Waals surface area contributed by atoms with E-state index in [2.05, 4.69) is 5.32 Å². The molecule has 6 heteroatoms. The predicted octanol–water partition coefficient (Wildman–Crippen LogP) is 4.08. The van der Waals surface area contributed by atoms with Gasteiger partial charge < -0.3 is 10.4 Å². The van der Waals surface area contributed by atoms with Crippen molar-refractivity contribution < 1.29 is 14.7 Å². The van der Waals surface area contributed by atoms with Gasteiger partial charge in [0.05, 0.1) is 16.3 Å². The van der Waals surface area contributed by atoms with Crippen molar-refractivity contribution in [2.45, 2.75) is 11.8 Å². The third-order valence-electron chi connectivity index (χ3n) is 2.87. The molecular weight excluding hydrogens is 322 g/mol. The van der Waals surface area contributed by atoms with Crippen LogP contribution in [0.2, 0.25) is 5.02 Å². The topological polar surface area (TPSA) is 66.4 Å². The van der Waals surface area contributed by atoms with Crippen LogP contribution in [0.5, 0.6) is 0 Å². The number of benzene rings is 2. The summed E-state index contributed by atoms with van der Waals surface area (Å²) < 4.78 is 0. The summed E-state index contributed by atoms with van der Waals surface area (Å²) in [7, 11) is 0. The van der Waals surface area contributed by atoms with Crippen LogP contribution in [-0.2, 0) is 4.79 Å². The molecule has 2 aromatic rings. The summed E-state index contributed by atoms with van der Waals surface area (Å²) in [4.78, 5) is 23.9. The number of thioether (sulfide) groups is 1. The molecular formula is C16H14ClNO3S. The third kappa shape index (κ3) is 4.51. The van der Waals surface area contributed by atoms with Gasteiger partial charge >= 0.3 is 5.97 Å². The van der Waals surface area contributed by atoms with Crippen LogP contribution in [0.15, 0.2) is 47.4 Å². The number of carbonyl (C=O) groups excluding carboxylic acids is 1. The lowest BCUT2D eigenvalue weighted by molar-refractivity contribution is -0.113. The van der Waals surface area contributed by atoms with E-state index >= 15 is 0 Å². The molecule has 0 saturated carbocycles. The van der Waals surface area contributed by atoms with Gasteiger partial charge in [0.15, 0.2) is 0 Å². The van der Waals surface area contributed by atoms with Gasteiger partial charge in [0.2, 0.25) is 5.91 Å². The minimum atomic E-state index is -1.13. The summed E-state index contributed by atoms with van der Waals surface area (Å²) in [6.45, 7) is 2.00. The second kappa shape index (κ2) is 7.33. The average Bonchev–Trinajstić information content (AvgIpc) is 2.48. The van der Waals surface area contributed by atoms with Gasteiger partial charge in [-0.1, -0.05) is 29.3 Å². The quantitative estimate of drug-likeness (QED) is 0.808. The van der Waals surface area contributed by atoms with E-state index in [1.54, 1.807) is 6.07 Å². The molecule has 0 bridgehead atoms. The SMILES string of the molecule is Cc1ccc(SCC(=O)Nc2ccc(Cl)c(C(=O)O)c2)cc1. The molecule has 0 aliphatic carbocycles. The Morgan fingerprint density at radius 1 is 1.18 bits per heavy atom. The number of halogens is 1. The molecule has 0 atom stereocenters. The summed E-state index contributed by atoms with van der Waals surface area (Å²) >= 11 is 7.20. The maximum absolute atomic E-state index is 11.9. The van der Waals surface area contributed by atoms with Crippen LogP contribution >= 0.6 is 23.4 Å². The van der Waals surface area contributed by atoms with Gasteiger partial charge in [0.25, 0.3) is 0 Å². The molecule has 1 amide bonds. The van der Waals surface area contributed by atoms with Gasteiger partial charge in [-0.3, -0.25) is 4.79 Å². The van der Waals surface area contributed by atoms with Gasteiger partial charge in [0.1, 0.15) is 0 Å². The lowest BCUT2D eigenvalue weighted by Gasteiger charge is -2.07. The fourth-order valence-electron chi connectivity index (χ4n) is 1.75. The number of rotatable bonds is 5. The molecule has 0 aromatic heterocycles. The molecule has 4 nitrogen and oxygen atoms in total. The van der Waals surface area contributed by atoms with Gasteiger partial charge in [0, 0.05) is 10.6 Å². The van der Waals surface area contributed by atoms with Crippen molar-refractivity contribution in [2.75, 3.05) is 11.1 Å². The second-order valence-corrected chi connectivity index (χ2v) is 6.11. The summed E-state index contributed by atoms with van der Waals surface area (Å²) in [6, 6.07) is 12.3. The highest BCUT2D eigenvalue weighted by Gasteiger charge is 2.11. The van der Waals surface area contributed by atoms with Crippen molar-refractivity contribution in [1.29, 1.82) is 0 Å². The largest absolute Gasteiger partial charge is 0.478 e. The van der Waals surface area contributed by atoms with Crippen molar-refractivity contribution in [1.82, 2.24) is 0 Å².